The molecule has 0 aliphatic rings. The molecule has 1 aromatic carbocycles. The van der Waals surface area contributed by atoms with E-state index in [0.29, 0.717) is 13.0 Å². The lowest BCUT2D eigenvalue weighted by molar-refractivity contribution is -0.128. The minimum absolute atomic E-state index is 0.145. The highest BCUT2D eigenvalue weighted by Crippen LogP contribution is 2.12. The summed E-state index contributed by atoms with van der Waals surface area (Å²) in [4.78, 5) is 13.4. The van der Waals surface area contributed by atoms with Gasteiger partial charge in [0.25, 0.3) is 0 Å². The molecule has 0 radical (unpaired) electrons. The van der Waals surface area contributed by atoms with Crippen LogP contribution in [0.3, 0.4) is 0 Å². The summed E-state index contributed by atoms with van der Waals surface area (Å²) < 4.78 is 5.34. The van der Waals surface area contributed by atoms with Gasteiger partial charge in [-0.1, -0.05) is 12.1 Å². The fourth-order valence-electron chi connectivity index (χ4n) is 1.36. The third-order valence-corrected chi connectivity index (χ3v) is 2.49. The van der Waals surface area contributed by atoms with Crippen molar-refractivity contribution in [2.24, 2.45) is 0 Å². The van der Waals surface area contributed by atoms with E-state index in [9.17, 15) is 4.79 Å². The van der Waals surface area contributed by atoms with Crippen molar-refractivity contribution in [3.8, 4) is 5.75 Å². The van der Waals surface area contributed by atoms with E-state index in [1.807, 2.05) is 45.2 Å². The van der Waals surface area contributed by atoms with Gasteiger partial charge in [-0.15, -0.1) is 0 Å². The summed E-state index contributed by atoms with van der Waals surface area (Å²) in [5, 5.41) is 0. The van der Waals surface area contributed by atoms with Crippen molar-refractivity contribution in [2.75, 3.05) is 20.2 Å². The molecule has 3 heteroatoms. The summed E-state index contributed by atoms with van der Waals surface area (Å²) in [6.45, 7) is 5.33. The van der Waals surface area contributed by atoms with Gasteiger partial charge in [-0.3, -0.25) is 4.79 Å². The lowest BCUT2D eigenvalue weighted by atomic mass is 10.1. The Balaban J connectivity index is 2.58. The van der Waals surface area contributed by atoms with E-state index in [4.69, 9.17) is 4.74 Å². The second-order valence-electron chi connectivity index (χ2n) is 3.66. The van der Waals surface area contributed by atoms with Crippen LogP contribution in [-0.4, -0.2) is 31.0 Å². The molecule has 1 aromatic rings. The number of rotatable bonds is 5. The first kappa shape index (κ1) is 12.6. The predicted molar refractivity (Wildman–Crippen MR) is 64.6 cm³/mol. The van der Waals surface area contributed by atoms with Crippen LogP contribution in [0.25, 0.3) is 0 Å². The van der Waals surface area contributed by atoms with Crippen LogP contribution >= 0.6 is 0 Å². The van der Waals surface area contributed by atoms with Crippen LogP contribution in [0.4, 0.5) is 0 Å². The Morgan fingerprint density at radius 1 is 1.25 bits per heavy atom. The first-order valence-electron chi connectivity index (χ1n) is 5.63. The molecule has 0 aliphatic carbocycles. The van der Waals surface area contributed by atoms with Crippen molar-refractivity contribution in [1.82, 2.24) is 4.90 Å². The van der Waals surface area contributed by atoms with E-state index in [1.165, 1.54) is 0 Å². The molecule has 0 unspecified atom stereocenters. The second kappa shape index (κ2) is 6.16. The molecule has 16 heavy (non-hydrogen) atoms. The molecule has 0 N–H and O–H groups in total. The number of carbonyl (C=O) groups is 1. The van der Waals surface area contributed by atoms with Gasteiger partial charge in [-0.05, 0) is 31.5 Å². The maximum atomic E-state index is 11.6. The highest BCUT2D eigenvalue weighted by molar-refractivity contribution is 5.78. The van der Waals surface area contributed by atoms with Crippen LogP contribution in [0.15, 0.2) is 24.3 Å². The van der Waals surface area contributed by atoms with Crippen LogP contribution in [0.5, 0.6) is 5.75 Å². The Morgan fingerprint density at radius 2 is 1.88 bits per heavy atom. The molecule has 1 amide bonds. The molecule has 0 fully saturated rings. The van der Waals surface area contributed by atoms with Gasteiger partial charge in [0.1, 0.15) is 5.75 Å². The smallest absolute Gasteiger partial charge is 0.226 e. The highest BCUT2D eigenvalue weighted by atomic mass is 16.5. The monoisotopic (exact) mass is 221 g/mol. The van der Waals surface area contributed by atoms with E-state index >= 15 is 0 Å². The number of likely N-dealkylation sites (N-methyl/N-ethyl adjacent to an activating group) is 1. The number of carbonyl (C=O) groups excluding carboxylic acids is 1. The first-order valence-corrected chi connectivity index (χ1v) is 5.63. The third-order valence-electron chi connectivity index (χ3n) is 2.49. The van der Waals surface area contributed by atoms with Crippen LogP contribution in [0, 0.1) is 0 Å². The molecule has 0 saturated heterocycles. The van der Waals surface area contributed by atoms with Gasteiger partial charge in [0.05, 0.1) is 13.0 Å². The Bertz CT molecular complexity index is 332. The standard InChI is InChI=1S/C13H19NO2/c1-4-14(3)13(15)10-11-6-8-12(9-7-11)16-5-2/h6-9H,4-5,10H2,1-3H3. The van der Waals surface area contributed by atoms with E-state index < -0.39 is 0 Å². The zero-order chi connectivity index (χ0) is 12.0. The lowest BCUT2D eigenvalue weighted by Gasteiger charge is -2.14. The van der Waals surface area contributed by atoms with Crippen LogP contribution in [-0.2, 0) is 11.2 Å². The van der Waals surface area contributed by atoms with Crippen molar-refractivity contribution in [3.63, 3.8) is 0 Å². The molecule has 0 bridgehead atoms. The van der Waals surface area contributed by atoms with E-state index in [-0.39, 0.29) is 5.91 Å². The van der Waals surface area contributed by atoms with Gasteiger partial charge in [-0.2, -0.15) is 0 Å². The van der Waals surface area contributed by atoms with Gasteiger partial charge in [0, 0.05) is 13.6 Å². The first-order chi connectivity index (χ1) is 7.67. The minimum atomic E-state index is 0.145. The molecule has 0 spiro atoms. The van der Waals surface area contributed by atoms with Gasteiger partial charge < -0.3 is 9.64 Å². The van der Waals surface area contributed by atoms with Crippen molar-refractivity contribution >= 4 is 5.91 Å². The Kier molecular flexibility index (Phi) is 4.83. The lowest BCUT2D eigenvalue weighted by Crippen LogP contribution is -2.27. The molecule has 0 aromatic heterocycles. The predicted octanol–water partition coefficient (Wildman–Crippen LogP) is 2.11. The second-order valence-corrected chi connectivity index (χ2v) is 3.66. The van der Waals surface area contributed by atoms with Crippen molar-refractivity contribution in [3.05, 3.63) is 29.8 Å². The maximum Gasteiger partial charge on any atom is 0.226 e. The number of amides is 1. The quantitative estimate of drug-likeness (QED) is 0.762. The summed E-state index contributed by atoms with van der Waals surface area (Å²) in [6.07, 6.45) is 0.455. The molecule has 0 saturated carbocycles. The average molecular weight is 221 g/mol. The largest absolute Gasteiger partial charge is 0.494 e. The number of ether oxygens (including phenoxy) is 1. The molecule has 0 aliphatic heterocycles. The van der Waals surface area contributed by atoms with Gasteiger partial charge in [0.2, 0.25) is 5.91 Å². The summed E-state index contributed by atoms with van der Waals surface area (Å²) in [5.74, 6) is 0.995. The third kappa shape index (κ3) is 3.57. The van der Waals surface area contributed by atoms with Crippen molar-refractivity contribution in [1.29, 1.82) is 0 Å². The number of hydrogen-bond donors (Lipinski definition) is 0. The zero-order valence-corrected chi connectivity index (χ0v) is 10.2. The Hall–Kier alpha value is -1.51. The summed E-state index contributed by atoms with van der Waals surface area (Å²) >= 11 is 0. The van der Waals surface area contributed by atoms with Crippen LogP contribution in [0.1, 0.15) is 19.4 Å². The fourth-order valence-corrected chi connectivity index (χ4v) is 1.36. The highest BCUT2D eigenvalue weighted by Gasteiger charge is 2.07. The molecule has 1 rings (SSSR count). The minimum Gasteiger partial charge on any atom is -0.494 e. The summed E-state index contributed by atoms with van der Waals surface area (Å²) in [5.41, 5.74) is 1.02. The average Bonchev–Trinajstić information content (AvgIpc) is 2.31. The van der Waals surface area contributed by atoms with E-state index in [2.05, 4.69) is 0 Å². The summed E-state index contributed by atoms with van der Waals surface area (Å²) in [6, 6.07) is 7.68. The molecule has 88 valence electrons. The number of nitrogens with zero attached hydrogens (tertiary/aromatic N) is 1. The van der Waals surface area contributed by atoms with E-state index in [1.54, 1.807) is 4.90 Å². The molecular formula is C13H19NO2. The topological polar surface area (TPSA) is 29.5 Å². The van der Waals surface area contributed by atoms with Crippen LogP contribution < -0.4 is 4.74 Å². The maximum absolute atomic E-state index is 11.6. The Morgan fingerprint density at radius 3 is 2.38 bits per heavy atom. The fraction of sp³-hybridized carbons (Fsp3) is 0.462. The van der Waals surface area contributed by atoms with Gasteiger partial charge >= 0.3 is 0 Å². The number of benzene rings is 1. The molecule has 0 heterocycles. The normalized spacial score (nSPS) is 9.94. The number of hydrogen-bond acceptors (Lipinski definition) is 2. The van der Waals surface area contributed by atoms with Gasteiger partial charge in [0.15, 0.2) is 0 Å². The molecule has 3 nitrogen and oxygen atoms in total. The molecular weight excluding hydrogens is 202 g/mol. The Labute approximate surface area is 97.0 Å². The molecule has 0 atom stereocenters. The zero-order valence-electron chi connectivity index (χ0n) is 10.2. The summed E-state index contributed by atoms with van der Waals surface area (Å²) in [7, 11) is 1.82. The van der Waals surface area contributed by atoms with Crippen molar-refractivity contribution < 1.29 is 9.53 Å². The SMILES string of the molecule is CCOc1ccc(CC(=O)N(C)CC)cc1. The van der Waals surface area contributed by atoms with Crippen LogP contribution in [0.2, 0.25) is 0 Å². The van der Waals surface area contributed by atoms with Gasteiger partial charge in [-0.25, -0.2) is 0 Å². The van der Waals surface area contributed by atoms with E-state index in [0.717, 1.165) is 17.9 Å². The van der Waals surface area contributed by atoms with Crippen molar-refractivity contribution in [2.45, 2.75) is 20.3 Å².